The number of aromatic nitrogens is 4. The summed E-state index contributed by atoms with van der Waals surface area (Å²) in [5.41, 5.74) is 1.70. The molecule has 0 amide bonds. The molecule has 164 valence electrons. The van der Waals surface area contributed by atoms with Crippen LogP contribution in [0.3, 0.4) is 0 Å². The molecule has 2 heterocycles. The molecule has 7 nitrogen and oxygen atoms in total. The first-order valence-corrected chi connectivity index (χ1v) is 10.7. The summed E-state index contributed by atoms with van der Waals surface area (Å²) in [4.78, 5) is 21.8. The van der Waals surface area contributed by atoms with Crippen LogP contribution >= 0.6 is 0 Å². The zero-order valence-electron chi connectivity index (χ0n) is 18.7. The molecule has 0 aliphatic rings. The number of hydrogen-bond donors (Lipinski definition) is 1. The Kier molecular flexibility index (Phi) is 6.16. The van der Waals surface area contributed by atoms with Crippen LogP contribution in [0.1, 0.15) is 43.9 Å². The molecule has 2 aromatic carbocycles. The molecule has 32 heavy (non-hydrogen) atoms. The lowest BCUT2D eigenvalue weighted by Crippen LogP contribution is -2.24. The average molecular weight is 430 g/mol. The molecule has 1 atom stereocenters. The van der Waals surface area contributed by atoms with E-state index < -0.39 is 0 Å². The van der Waals surface area contributed by atoms with Crippen molar-refractivity contribution in [3.05, 3.63) is 88.2 Å². The number of nitrogens with one attached hydrogen (secondary N) is 1. The van der Waals surface area contributed by atoms with E-state index in [4.69, 9.17) is 4.74 Å². The normalized spacial score (nSPS) is 12.2. The minimum atomic E-state index is -0.133. The zero-order valence-corrected chi connectivity index (χ0v) is 18.7. The van der Waals surface area contributed by atoms with Gasteiger partial charge in [-0.05, 0) is 51.5 Å². The second-order valence-corrected chi connectivity index (χ2v) is 8.09. The van der Waals surface area contributed by atoms with Crippen LogP contribution in [0.25, 0.3) is 10.8 Å². The fraction of sp³-hybridized carbons (Fsp3) is 0.280. The Hall–Kier alpha value is -3.74. The third-order valence-corrected chi connectivity index (χ3v) is 5.08. The molecule has 2 aromatic heterocycles. The molecule has 4 rings (SSSR count). The van der Waals surface area contributed by atoms with Gasteiger partial charge < -0.3 is 10.1 Å². The van der Waals surface area contributed by atoms with Gasteiger partial charge in [0.25, 0.3) is 5.56 Å². The SMILES string of the molecule is Cc1nc(Cn2ncc3ccccc3c2=O)cc(N[C@H](C)c2ccc(OC(C)C)cc2)n1. The maximum Gasteiger partial charge on any atom is 0.274 e. The predicted octanol–water partition coefficient (Wildman–Crippen LogP) is 4.50. The van der Waals surface area contributed by atoms with Crippen molar-refractivity contribution in [3.8, 4) is 5.75 Å². The molecule has 1 N–H and O–H groups in total. The molecule has 0 unspecified atom stereocenters. The largest absolute Gasteiger partial charge is 0.491 e. The van der Waals surface area contributed by atoms with Crippen LogP contribution in [0.5, 0.6) is 5.75 Å². The topological polar surface area (TPSA) is 81.9 Å². The molecule has 0 fully saturated rings. The van der Waals surface area contributed by atoms with E-state index in [1.807, 2.05) is 75.4 Å². The van der Waals surface area contributed by atoms with Gasteiger partial charge in [0.15, 0.2) is 0 Å². The van der Waals surface area contributed by atoms with E-state index in [2.05, 4.69) is 27.3 Å². The van der Waals surface area contributed by atoms with E-state index in [9.17, 15) is 4.79 Å². The Labute approximate surface area is 187 Å². The van der Waals surface area contributed by atoms with Crippen LogP contribution in [-0.2, 0) is 6.54 Å². The summed E-state index contributed by atoms with van der Waals surface area (Å²) in [6.07, 6.45) is 1.85. The van der Waals surface area contributed by atoms with Gasteiger partial charge in [0, 0.05) is 17.5 Å². The first kappa shape index (κ1) is 21.5. The van der Waals surface area contributed by atoms with Gasteiger partial charge in [-0.3, -0.25) is 4.79 Å². The summed E-state index contributed by atoms with van der Waals surface area (Å²) in [6, 6.07) is 17.4. The molecule has 0 bridgehead atoms. The van der Waals surface area contributed by atoms with Crippen LogP contribution in [0, 0.1) is 6.92 Å². The Morgan fingerprint density at radius 1 is 1.03 bits per heavy atom. The number of benzene rings is 2. The van der Waals surface area contributed by atoms with Gasteiger partial charge in [-0.25, -0.2) is 14.6 Å². The fourth-order valence-corrected chi connectivity index (χ4v) is 3.59. The van der Waals surface area contributed by atoms with Crippen molar-refractivity contribution in [3.63, 3.8) is 0 Å². The van der Waals surface area contributed by atoms with E-state index in [1.54, 1.807) is 6.20 Å². The van der Waals surface area contributed by atoms with Crippen molar-refractivity contribution < 1.29 is 4.74 Å². The lowest BCUT2D eigenvalue weighted by Gasteiger charge is -2.17. The zero-order chi connectivity index (χ0) is 22.7. The second kappa shape index (κ2) is 9.18. The third-order valence-electron chi connectivity index (χ3n) is 5.08. The maximum absolute atomic E-state index is 12.8. The van der Waals surface area contributed by atoms with Gasteiger partial charge in [0.1, 0.15) is 17.4 Å². The van der Waals surface area contributed by atoms with Gasteiger partial charge in [-0.15, -0.1) is 0 Å². The fourth-order valence-electron chi connectivity index (χ4n) is 3.59. The summed E-state index contributed by atoms with van der Waals surface area (Å²) < 4.78 is 7.15. The molecular weight excluding hydrogens is 402 g/mol. The molecule has 7 heteroatoms. The quantitative estimate of drug-likeness (QED) is 0.466. The van der Waals surface area contributed by atoms with Crippen molar-refractivity contribution in [1.82, 2.24) is 19.7 Å². The highest BCUT2D eigenvalue weighted by atomic mass is 16.5. The monoisotopic (exact) mass is 429 g/mol. The standard InChI is InChI=1S/C25H27N5O2/c1-16(2)32-22-11-9-19(10-12-22)17(3)27-24-13-21(28-18(4)29-24)15-30-25(31)23-8-6-5-7-20(23)14-26-30/h5-14,16-17H,15H2,1-4H3,(H,27,28,29)/t17-/m1/s1. The van der Waals surface area contributed by atoms with Crippen LogP contribution in [0.4, 0.5) is 5.82 Å². The molecule has 0 aliphatic heterocycles. The third kappa shape index (κ3) is 4.94. The van der Waals surface area contributed by atoms with E-state index in [1.165, 1.54) is 4.68 Å². The Bertz CT molecular complexity index is 1280. The first-order valence-electron chi connectivity index (χ1n) is 10.7. The van der Waals surface area contributed by atoms with E-state index in [-0.39, 0.29) is 24.2 Å². The Morgan fingerprint density at radius 3 is 2.53 bits per heavy atom. The summed E-state index contributed by atoms with van der Waals surface area (Å²) >= 11 is 0. The smallest absolute Gasteiger partial charge is 0.274 e. The average Bonchev–Trinajstić information content (AvgIpc) is 2.75. The summed E-state index contributed by atoms with van der Waals surface area (Å²) in [5.74, 6) is 2.19. The van der Waals surface area contributed by atoms with Gasteiger partial charge in [0.05, 0.1) is 29.9 Å². The molecule has 0 aliphatic carbocycles. The van der Waals surface area contributed by atoms with Crippen LogP contribution < -0.4 is 15.6 Å². The van der Waals surface area contributed by atoms with Crippen LogP contribution in [0.15, 0.2) is 65.6 Å². The first-order chi connectivity index (χ1) is 15.4. The van der Waals surface area contributed by atoms with E-state index in [0.29, 0.717) is 17.0 Å². The van der Waals surface area contributed by atoms with Crippen molar-refractivity contribution >= 4 is 16.6 Å². The molecular formula is C25H27N5O2. The van der Waals surface area contributed by atoms with Crippen molar-refractivity contribution in [1.29, 1.82) is 0 Å². The van der Waals surface area contributed by atoms with Crippen molar-refractivity contribution in [2.75, 3.05) is 5.32 Å². The lowest BCUT2D eigenvalue weighted by atomic mass is 10.1. The molecule has 0 radical (unpaired) electrons. The van der Waals surface area contributed by atoms with Gasteiger partial charge in [-0.1, -0.05) is 30.3 Å². The minimum absolute atomic E-state index is 0.0340. The predicted molar refractivity (Wildman–Crippen MR) is 126 cm³/mol. The maximum atomic E-state index is 12.8. The number of anilines is 1. The number of fused-ring (bicyclic) bond motifs is 1. The number of rotatable bonds is 7. The number of ether oxygens (including phenoxy) is 1. The number of hydrogen-bond acceptors (Lipinski definition) is 6. The highest BCUT2D eigenvalue weighted by Gasteiger charge is 2.11. The van der Waals surface area contributed by atoms with Crippen molar-refractivity contribution in [2.45, 2.75) is 46.4 Å². The van der Waals surface area contributed by atoms with Crippen LogP contribution in [-0.4, -0.2) is 25.9 Å². The molecule has 0 saturated carbocycles. The minimum Gasteiger partial charge on any atom is -0.491 e. The molecule has 0 saturated heterocycles. The Morgan fingerprint density at radius 2 is 1.78 bits per heavy atom. The molecule has 0 spiro atoms. The molecule has 4 aromatic rings. The van der Waals surface area contributed by atoms with E-state index >= 15 is 0 Å². The highest BCUT2D eigenvalue weighted by molar-refractivity contribution is 5.80. The van der Waals surface area contributed by atoms with Gasteiger partial charge >= 0.3 is 0 Å². The number of nitrogens with zero attached hydrogens (tertiary/aromatic N) is 4. The van der Waals surface area contributed by atoms with Gasteiger partial charge in [0.2, 0.25) is 0 Å². The highest BCUT2D eigenvalue weighted by Crippen LogP contribution is 2.22. The Balaban J connectivity index is 1.53. The number of aryl methyl sites for hydroxylation is 1. The summed E-state index contributed by atoms with van der Waals surface area (Å²) in [6.45, 7) is 8.21. The van der Waals surface area contributed by atoms with E-state index in [0.717, 1.165) is 22.4 Å². The van der Waals surface area contributed by atoms with Gasteiger partial charge in [-0.2, -0.15) is 5.10 Å². The summed E-state index contributed by atoms with van der Waals surface area (Å²) in [5, 5.41) is 9.21. The second-order valence-electron chi connectivity index (χ2n) is 8.09. The van der Waals surface area contributed by atoms with Crippen LogP contribution in [0.2, 0.25) is 0 Å². The van der Waals surface area contributed by atoms with Crippen molar-refractivity contribution in [2.24, 2.45) is 0 Å². The summed E-state index contributed by atoms with van der Waals surface area (Å²) in [7, 11) is 0. The lowest BCUT2D eigenvalue weighted by molar-refractivity contribution is 0.242.